The number of nitrogens with one attached hydrogen (secondary N) is 2. The zero-order chi connectivity index (χ0) is 16.9. The first kappa shape index (κ1) is 21.6. The highest BCUT2D eigenvalue weighted by molar-refractivity contribution is 14.0. The van der Waals surface area contributed by atoms with Crippen LogP contribution in [0.3, 0.4) is 0 Å². The van der Waals surface area contributed by atoms with E-state index >= 15 is 0 Å². The summed E-state index contributed by atoms with van der Waals surface area (Å²) < 4.78 is 24.6. The van der Waals surface area contributed by atoms with Crippen molar-refractivity contribution < 1.29 is 8.42 Å². The first-order valence-electron chi connectivity index (χ1n) is 7.69. The Hall–Kier alpha value is -0.460. The normalized spacial score (nSPS) is 17.4. The Morgan fingerprint density at radius 3 is 2.58 bits per heavy atom. The fourth-order valence-electron chi connectivity index (χ4n) is 2.55. The maximum atomic E-state index is 11.5. The molecular formula is C14H26IN5O2S2. The molecular weight excluding hydrogens is 461 g/mol. The molecule has 10 heteroatoms. The van der Waals surface area contributed by atoms with Gasteiger partial charge < -0.3 is 10.6 Å². The average molecular weight is 487 g/mol. The van der Waals surface area contributed by atoms with Gasteiger partial charge in [-0.25, -0.2) is 17.7 Å². The number of sulfonamides is 1. The third-order valence-electron chi connectivity index (χ3n) is 3.90. The molecule has 0 saturated carbocycles. The number of guanidine groups is 1. The summed E-state index contributed by atoms with van der Waals surface area (Å²) in [6, 6.07) is 0. The molecule has 0 spiro atoms. The minimum Gasteiger partial charge on any atom is -0.356 e. The highest BCUT2D eigenvalue weighted by atomic mass is 127. The van der Waals surface area contributed by atoms with Crippen LogP contribution in [0.1, 0.15) is 23.5 Å². The highest BCUT2D eigenvalue weighted by Crippen LogP contribution is 2.18. The Morgan fingerprint density at radius 1 is 1.42 bits per heavy atom. The Kier molecular flexibility index (Phi) is 8.88. The molecule has 0 aromatic carbocycles. The third kappa shape index (κ3) is 6.81. The third-order valence-corrected chi connectivity index (χ3v) is 6.17. The van der Waals surface area contributed by atoms with Crippen LogP contribution < -0.4 is 10.6 Å². The van der Waals surface area contributed by atoms with Gasteiger partial charge in [-0.1, -0.05) is 0 Å². The van der Waals surface area contributed by atoms with Gasteiger partial charge in [0.05, 0.1) is 12.8 Å². The lowest BCUT2D eigenvalue weighted by atomic mass is 9.98. The van der Waals surface area contributed by atoms with Crippen molar-refractivity contribution in [2.45, 2.75) is 26.3 Å². The topological polar surface area (TPSA) is 86.7 Å². The van der Waals surface area contributed by atoms with E-state index in [4.69, 9.17) is 0 Å². The SMILES string of the molecule is CN=C(NCc1nc(C)cs1)NCC1CCN(S(C)(=O)=O)CC1.I. The average Bonchev–Trinajstić information content (AvgIpc) is 2.92. The summed E-state index contributed by atoms with van der Waals surface area (Å²) in [6.45, 7) is 4.65. The predicted molar refractivity (Wildman–Crippen MR) is 110 cm³/mol. The monoisotopic (exact) mass is 487 g/mol. The lowest BCUT2D eigenvalue weighted by Crippen LogP contribution is -2.43. The molecule has 2 N–H and O–H groups in total. The number of aromatic nitrogens is 1. The Morgan fingerprint density at radius 2 is 2.08 bits per heavy atom. The molecule has 0 amide bonds. The van der Waals surface area contributed by atoms with Gasteiger partial charge in [0.25, 0.3) is 0 Å². The molecule has 0 radical (unpaired) electrons. The van der Waals surface area contributed by atoms with Crippen LogP contribution in [0.15, 0.2) is 10.4 Å². The fourth-order valence-corrected chi connectivity index (χ4v) is 4.14. The molecule has 1 aliphatic heterocycles. The summed E-state index contributed by atoms with van der Waals surface area (Å²) in [4.78, 5) is 8.62. The molecule has 24 heavy (non-hydrogen) atoms. The van der Waals surface area contributed by atoms with E-state index in [-0.39, 0.29) is 24.0 Å². The molecule has 0 atom stereocenters. The van der Waals surface area contributed by atoms with E-state index < -0.39 is 10.0 Å². The largest absolute Gasteiger partial charge is 0.356 e. The molecule has 1 aromatic heterocycles. The molecule has 138 valence electrons. The van der Waals surface area contributed by atoms with E-state index in [1.54, 1.807) is 22.7 Å². The van der Waals surface area contributed by atoms with Crippen LogP contribution in [-0.4, -0.2) is 56.6 Å². The first-order chi connectivity index (χ1) is 10.9. The number of aryl methyl sites for hydroxylation is 1. The van der Waals surface area contributed by atoms with E-state index in [0.29, 0.717) is 25.6 Å². The van der Waals surface area contributed by atoms with Crippen LogP contribution in [0, 0.1) is 12.8 Å². The van der Waals surface area contributed by atoms with Gasteiger partial charge in [-0.15, -0.1) is 35.3 Å². The molecule has 2 heterocycles. The van der Waals surface area contributed by atoms with Crippen molar-refractivity contribution in [1.29, 1.82) is 0 Å². The predicted octanol–water partition coefficient (Wildman–Crippen LogP) is 1.41. The molecule has 0 bridgehead atoms. The Bertz CT molecular complexity index is 639. The highest BCUT2D eigenvalue weighted by Gasteiger charge is 2.24. The second-order valence-corrected chi connectivity index (χ2v) is 8.72. The van der Waals surface area contributed by atoms with Crippen LogP contribution in [0.2, 0.25) is 0 Å². The molecule has 2 rings (SSSR count). The number of nitrogens with zero attached hydrogens (tertiary/aromatic N) is 3. The zero-order valence-corrected chi connectivity index (χ0v) is 18.2. The number of thiazole rings is 1. The van der Waals surface area contributed by atoms with Crippen molar-refractivity contribution >= 4 is 51.3 Å². The number of rotatable bonds is 5. The van der Waals surface area contributed by atoms with Gasteiger partial charge in [-0.3, -0.25) is 4.99 Å². The van der Waals surface area contributed by atoms with E-state index in [2.05, 4.69) is 20.6 Å². The minimum absolute atomic E-state index is 0. The number of piperidine rings is 1. The number of hydrogen-bond donors (Lipinski definition) is 2. The van der Waals surface area contributed by atoms with E-state index in [1.165, 1.54) is 6.26 Å². The summed E-state index contributed by atoms with van der Waals surface area (Å²) in [6.07, 6.45) is 3.03. The van der Waals surface area contributed by atoms with E-state index in [1.807, 2.05) is 12.3 Å². The van der Waals surface area contributed by atoms with E-state index in [9.17, 15) is 8.42 Å². The van der Waals surface area contributed by atoms with Crippen LogP contribution in [0.4, 0.5) is 0 Å². The fraction of sp³-hybridized carbons (Fsp3) is 0.714. The van der Waals surface area contributed by atoms with Crippen molar-refractivity contribution in [1.82, 2.24) is 19.9 Å². The van der Waals surface area contributed by atoms with Crippen LogP contribution in [0.5, 0.6) is 0 Å². The van der Waals surface area contributed by atoms with E-state index in [0.717, 1.165) is 36.0 Å². The lowest BCUT2D eigenvalue weighted by molar-refractivity contribution is 0.275. The standard InChI is InChI=1S/C14H25N5O2S2.HI/c1-11-10-22-13(18-11)9-17-14(15-2)16-8-12-4-6-19(7-5-12)23(3,20)21;/h10,12H,4-9H2,1-3H3,(H2,15,16,17);1H. The number of aliphatic imine (C=N–C) groups is 1. The summed E-state index contributed by atoms with van der Waals surface area (Å²) in [7, 11) is -1.31. The van der Waals surface area contributed by atoms with Crippen molar-refractivity contribution in [2.24, 2.45) is 10.9 Å². The minimum atomic E-state index is -3.05. The van der Waals surface area contributed by atoms with Crippen molar-refractivity contribution in [2.75, 3.05) is 32.9 Å². The maximum Gasteiger partial charge on any atom is 0.211 e. The lowest BCUT2D eigenvalue weighted by Gasteiger charge is -2.30. The van der Waals surface area contributed by atoms with Crippen LogP contribution in [-0.2, 0) is 16.6 Å². The molecule has 1 aliphatic rings. The maximum absolute atomic E-state index is 11.5. The second-order valence-electron chi connectivity index (χ2n) is 5.79. The number of hydrogen-bond acceptors (Lipinski definition) is 5. The second kappa shape index (κ2) is 9.88. The van der Waals surface area contributed by atoms with Gasteiger partial charge in [0.2, 0.25) is 10.0 Å². The first-order valence-corrected chi connectivity index (χ1v) is 10.4. The number of halogens is 1. The van der Waals surface area contributed by atoms with Gasteiger partial charge >= 0.3 is 0 Å². The molecule has 7 nitrogen and oxygen atoms in total. The summed E-state index contributed by atoms with van der Waals surface area (Å²) >= 11 is 1.63. The molecule has 1 saturated heterocycles. The van der Waals surface area contributed by atoms with Gasteiger partial charge in [0, 0.05) is 37.8 Å². The molecule has 0 unspecified atom stereocenters. The summed E-state index contributed by atoms with van der Waals surface area (Å²) in [5.74, 6) is 1.22. The smallest absolute Gasteiger partial charge is 0.211 e. The Labute approximate surface area is 165 Å². The van der Waals surface area contributed by atoms with Crippen molar-refractivity contribution in [3.63, 3.8) is 0 Å². The van der Waals surface area contributed by atoms with Crippen LogP contribution >= 0.6 is 35.3 Å². The van der Waals surface area contributed by atoms with Crippen molar-refractivity contribution in [3.8, 4) is 0 Å². The van der Waals surface area contributed by atoms with Gasteiger partial charge in [0.1, 0.15) is 5.01 Å². The summed E-state index contributed by atoms with van der Waals surface area (Å²) in [5.41, 5.74) is 1.03. The quantitative estimate of drug-likeness (QED) is 0.373. The summed E-state index contributed by atoms with van der Waals surface area (Å²) in [5, 5.41) is 9.63. The zero-order valence-electron chi connectivity index (χ0n) is 14.3. The van der Waals surface area contributed by atoms with Gasteiger partial charge in [0.15, 0.2) is 5.96 Å². The molecule has 0 aliphatic carbocycles. The molecule has 1 fully saturated rings. The van der Waals surface area contributed by atoms with Gasteiger partial charge in [-0.05, 0) is 25.7 Å². The van der Waals surface area contributed by atoms with Crippen molar-refractivity contribution in [3.05, 3.63) is 16.1 Å². The molecule has 1 aromatic rings. The van der Waals surface area contributed by atoms with Crippen LogP contribution in [0.25, 0.3) is 0 Å². The Balaban J connectivity index is 0.00000288. The van der Waals surface area contributed by atoms with Gasteiger partial charge in [-0.2, -0.15) is 0 Å².